The van der Waals surface area contributed by atoms with Gasteiger partial charge in [-0.1, -0.05) is 0 Å². The molecule has 0 bridgehead atoms. The highest BCUT2D eigenvalue weighted by atomic mass is 16.1. The number of primary amides is 1. The van der Waals surface area contributed by atoms with E-state index in [1.807, 2.05) is 19.1 Å². The molecule has 1 amide bonds. The minimum absolute atomic E-state index is 0.103. The number of benzene rings is 1. The van der Waals surface area contributed by atoms with E-state index >= 15 is 0 Å². The Bertz CT molecular complexity index is 306. The lowest BCUT2D eigenvalue weighted by molar-refractivity contribution is 0.100. The summed E-state index contributed by atoms with van der Waals surface area (Å²) in [4.78, 5) is 10.8. The summed E-state index contributed by atoms with van der Waals surface area (Å²) in [6.07, 6.45) is 0. The highest BCUT2D eigenvalue weighted by Gasteiger charge is 1.99. The first-order valence-corrected chi connectivity index (χ1v) is 4.49. The Labute approximate surface area is 83.3 Å². The maximum absolute atomic E-state index is 10.8. The van der Waals surface area contributed by atoms with Crippen LogP contribution in [0.25, 0.3) is 0 Å². The summed E-state index contributed by atoms with van der Waals surface area (Å²) in [5, 5.41) is 3.13. The summed E-state index contributed by atoms with van der Waals surface area (Å²) in [6, 6.07) is 7.09. The fourth-order valence-corrected chi connectivity index (χ4v) is 1.03. The Morgan fingerprint density at radius 1 is 1.43 bits per heavy atom. The maximum Gasteiger partial charge on any atom is 0.248 e. The molecule has 0 aliphatic heterocycles. The molecule has 0 fully saturated rings. The average Bonchev–Trinajstić information content (AvgIpc) is 2.15. The summed E-state index contributed by atoms with van der Waals surface area (Å²) in [6.45, 7) is 2.63. The number of nitrogens with one attached hydrogen (secondary N) is 1. The van der Waals surface area contributed by atoms with Crippen LogP contribution in [0.5, 0.6) is 0 Å². The van der Waals surface area contributed by atoms with Crippen molar-refractivity contribution in [1.82, 2.24) is 0 Å². The quantitative estimate of drug-likeness (QED) is 0.653. The van der Waals surface area contributed by atoms with E-state index in [0.29, 0.717) is 12.1 Å². The fraction of sp³-hybridized carbons (Fsp3) is 0.300. The summed E-state index contributed by atoms with van der Waals surface area (Å²) in [7, 11) is 0. The second-order valence-electron chi connectivity index (χ2n) is 3.30. The van der Waals surface area contributed by atoms with Crippen LogP contribution >= 0.6 is 0 Å². The number of hydrogen-bond donors (Lipinski definition) is 3. The van der Waals surface area contributed by atoms with Gasteiger partial charge in [-0.3, -0.25) is 4.79 Å². The molecule has 0 saturated heterocycles. The number of carbonyl (C=O) groups excluding carboxylic acids is 1. The molecular weight excluding hydrogens is 178 g/mol. The average molecular weight is 193 g/mol. The number of carbonyl (C=O) groups is 1. The highest BCUT2D eigenvalue weighted by Crippen LogP contribution is 2.08. The molecule has 0 saturated carbocycles. The number of rotatable bonds is 4. The molecule has 0 heterocycles. The van der Waals surface area contributed by atoms with Crippen LogP contribution in [-0.2, 0) is 0 Å². The summed E-state index contributed by atoms with van der Waals surface area (Å²) < 4.78 is 0. The first-order chi connectivity index (χ1) is 6.59. The van der Waals surface area contributed by atoms with Crippen molar-refractivity contribution in [3.8, 4) is 0 Å². The summed E-state index contributed by atoms with van der Waals surface area (Å²) in [5.41, 5.74) is 12.1. The molecule has 76 valence electrons. The van der Waals surface area contributed by atoms with Crippen molar-refractivity contribution in [1.29, 1.82) is 0 Å². The van der Waals surface area contributed by atoms with Gasteiger partial charge in [0.25, 0.3) is 0 Å². The molecule has 4 nitrogen and oxygen atoms in total. The highest BCUT2D eigenvalue weighted by molar-refractivity contribution is 5.93. The van der Waals surface area contributed by atoms with Crippen molar-refractivity contribution in [3.63, 3.8) is 0 Å². The van der Waals surface area contributed by atoms with Gasteiger partial charge in [-0.05, 0) is 31.2 Å². The van der Waals surface area contributed by atoms with Crippen LogP contribution in [0.2, 0.25) is 0 Å². The van der Waals surface area contributed by atoms with Crippen LogP contribution in [0.3, 0.4) is 0 Å². The van der Waals surface area contributed by atoms with Gasteiger partial charge >= 0.3 is 0 Å². The topological polar surface area (TPSA) is 81.1 Å². The van der Waals surface area contributed by atoms with E-state index in [9.17, 15) is 4.79 Å². The minimum Gasteiger partial charge on any atom is -0.383 e. The third kappa shape index (κ3) is 3.06. The lowest BCUT2D eigenvalue weighted by Crippen LogP contribution is -2.25. The van der Waals surface area contributed by atoms with E-state index in [4.69, 9.17) is 11.5 Å². The van der Waals surface area contributed by atoms with Crippen LogP contribution in [-0.4, -0.2) is 18.5 Å². The second-order valence-corrected chi connectivity index (χ2v) is 3.30. The van der Waals surface area contributed by atoms with Gasteiger partial charge in [-0.15, -0.1) is 0 Å². The maximum atomic E-state index is 10.8. The van der Waals surface area contributed by atoms with Gasteiger partial charge in [-0.2, -0.15) is 0 Å². The largest absolute Gasteiger partial charge is 0.383 e. The Morgan fingerprint density at radius 2 is 2.00 bits per heavy atom. The number of amides is 1. The van der Waals surface area contributed by atoms with Crippen molar-refractivity contribution >= 4 is 11.6 Å². The third-order valence-electron chi connectivity index (χ3n) is 1.80. The standard InChI is InChI=1S/C10H15N3O/c1-7(11)6-13-9-4-2-8(3-5-9)10(12)14/h2-5,7,13H,6,11H2,1H3,(H2,12,14)/t7-/m1/s1. The van der Waals surface area contributed by atoms with E-state index in [1.165, 1.54) is 0 Å². The SMILES string of the molecule is C[C@@H](N)CNc1ccc(C(N)=O)cc1. The van der Waals surface area contributed by atoms with E-state index in [0.717, 1.165) is 5.69 Å². The van der Waals surface area contributed by atoms with Gasteiger partial charge in [0.2, 0.25) is 5.91 Å². The molecule has 0 spiro atoms. The van der Waals surface area contributed by atoms with Crippen molar-refractivity contribution < 1.29 is 4.79 Å². The van der Waals surface area contributed by atoms with Crippen LogP contribution in [0.15, 0.2) is 24.3 Å². The zero-order valence-corrected chi connectivity index (χ0v) is 8.16. The molecule has 1 atom stereocenters. The monoisotopic (exact) mass is 193 g/mol. The number of nitrogens with two attached hydrogens (primary N) is 2. The first-order valence-electron chi connectivity index (χ1n) is 4.49. The van der Waals surface area contributed by atoms with Crippen LogP contribution < -0.4 is 16.8 Å². The van der Waals surface area contributed by atoms with Gasteiger partial charge in [0.05, 0.1) is 0 Å². The van der Waals surface area contributed by atoms with E-state index < -0.39 is 5.91 Å². The van der Waals surface area contributed by atoms with Crippen LogP contribution in [0.4, 0.5) is 5.69 Å². The number of anilines is 1. The predicted molar refractivity (Wildman–Crippen MR) is 57.1 cm³/mol. The van der Waals surface area contributed by atoms with Crippen molar-refractivity contribution in [2.45, 2.75) is 13.0 Å². The Hall–Kier alpha value is -1.55. The van der Waals surface area contributed by atoms with E-state index in [1.54, 1.807) is 12.1 Å². The van der Waals surface area contributed by atoms with Crippen molar-refractivity contribution in [3.05, 3.63) is 29.8 Å². The molecule has 14 heavy (non-hydrogen) atoms. The molecule has 0 aliphatic rings. The Kier molecular flexibility index (Phi) is 3.48. The fourth-order valence-electron chi connectivity index (χ4n) is 1.03. The van der Waals surface area contributed by atoms with Gasteiger partial charge in [0.15, 0.2) is 0 Å². The van der Waals surface area contributed by atoms with Crippen LogP contribution in [0, 0.1) is 0 Å². The zero-order valence-electron chi connectivity index (χ0n) is 8.16. The molecule has 1 aromatic carbocycles. The first kappa shape index (κ1) is 10.5. The third-order valence-corrected chi connectivity index (χ3v) is 1.80. The molecular formula is C10H15N3O. The normalized spacial score (nSPS) is 12.1. The Morgan fingerprint density at radius 3 is 2.43 bits per heavy atom. The van der Waals surface area contributed by atoms with Gasteiger partial charge in [0.1, 0.15) is 0 Å². The smallest absolute Gasteiger partial charge is 0.248 e. The Balaban J connectivity index is 2.60. The molecule has 0 aromatic heterocycles. The molecule has 0 unspecified atom stereocenters. The molecule has 1 rings (SSSR count). The van der Waals surface area contributed by atoms with Gasteiger partial charge in [0, 0.05) is 23.8 Å². The van der Waals surface area contributed by atoms with Gasteiger partial charge in [-0.25, -0.2) is 0 Å². The molecule has 0 aliphatic carbocycles. The van der Waals surface area contributed by atoms with Crippen molar-refractivity contribution in [2.75, 3.05) is 11.9 Å². The molecule has 0 radical (unpaired) electrons. The summed E-state index contributed by atoms with van der Waals surface area (Å²) >= 11 is 0. The van der Waals surface area contributed by atoms with E-state index in [-0.39, 0.29) is 6.04 Å². The van der Waals surface area contributed by atoms with Gasteiger partial charge < -0.3 is 16.8 Å². The molecule has 4 heteroatoms. The zero-order chi connectivity index (χ0) is 10.6. The van der Waals surface area contributed by atoms with Crippen molar-refractivity contribution in [2.24, 2.45) is 11.5 Å². The summed E-state index contributed by atoms with van der Waals surface area (Å²) in [5.74, 6) is -0.413. The lowest BCUT2D eigenvalue weighted by atomic mass is 10.2. The molecule has 5 N–H and O–H groups in total. The molecule has 1 aromatic rings. The minimum atomic E-state index is -0.413. The van der Waals surface area contributed by atoms with Crippen LogP contribution in [0.1, 0.15) is 17.3 Å². The second kappa shape index (κ2) is 4.62. The lowest BCUT2D eigenvalue weighted by Gasteiger charge is -2.08. The predicted octanol–water partition coefficient (Wildman–Crippen LogP) is 0.545. The van der Waals surface area contributed by atoms with E-state index in [2.05, 4.69) is 5.32 Å². The number of hydrogen-bond acceptors (Lipinski definition) is 3.